The van der Waals surface area contributed by atoms with Crippen LogP contribution < -0.4 is 10.1 Å². The zero-order valence-corrected chi connectivity index (χ0v) is 20.2. The maximum atomic E-state index is 13.8. The van der Waals surface area contributed by atoms with E-state index in [0.717, 1.165) is 23.8 Å². The van der Waals surface area contributed by atoms with Crippen molar-refractivity contribution in [1.29, 1.82) is 0 Å². The molecular weight excluding hydrogens is 523 g/mol. The molecule has 1 N–H and O–H groups in total. The maximum Gasteiger partial charge on any atom is 0.433 e. The number of ether oxygens (including phenoxy) is 1. The number of hydrogen-bond donors (Lipinski definition) is 1. The Bertz CT molecular complexity index is 1680. The Kier molecular flexibility index (Phi) is 6.28. The number of halogens is 3. The SMILES string of the molecule is Cc1ccccc1Oc1cc(NC(=O)c2cc3nc(-c4cccs4)cc(C(F)(F)F)n3n2)cc([N+](=O)[O-])c1. The molecule has 0 unspecified atom stereocenters. The van der Waals surface area contributed by atoms with Crippen LogP contribution >= 0.6 is 11.3 Å². The first-order valence-electron chi connectivity index (χ1n) is 10.9. The molecule has 0 atom stereocenters. The summed E-state index contributed by atoms with van der Waals surface area (Å²) in [5.41, 5.74) is -1.15. The molecule has 3 heterocycles. The second-order valence-electron chi connectivity index (χ2n) is 8.10. The van der Waals surface area contributed by atoms with Crippen molar-refractivity contribution in [2.24, 2.45) is 0 Å². The summed E-state index contributed by atoms with van der Waals surface area (Å²) in [5, 5.41) is 19.4. The Morgan fingerprint density at radius 2 is 1.89 bits per heavy atom. The number of aryl methyl sites for hydroxylation is 1. The average molecular weight is 539 g/mol. The number of nitrogens with zero attached hydrogens (tertiary/aromatic N) is 4. The van der Waals surface area contributed by atoms with E-state index in [1.165, 1.54) is 23.5 Å². The number of carbonyl (C=O) groups excluding carboxylic acids is 1. The zero-order valence-electron chi connectivity index (χ0n) is 19.4. The summed E-state index contributed by atoms with van der Waals surface area (Å²) in [6.45, 7) is 1.80. The fraction of sp³-hybridized carbons (Fsp3) is 0.0800. The molecule has 0 bridgehead atoms. The van der Waals surface area contributed by atoms with Crippen LogP contribution in [-0.4, -0.2) is 25.4 Å². The number of nitrogens with one attached hydrogen (secondary N) is 1. The third-order valence-corrected chi connectivity index (χ3v) is 6.30. The number of hydrogen-bond acceptors (Lipinski definition) is 7. The van der Waals surface area contributed by atoms with Gasteiger partial charge in [-0.3, -0.25) is 14.9 Å². The first-order chi connectivity index (χ1) is 18.1. The number of fused-ring (bicyclic) bond motifs is 1. The molecule has 0 radical (unpaired) electrons. The average Bonchev–Trinajstić information content (AvgIpc) is 3.54. The van der Waals surface area contributed by atoms with Crippen LogP contribution in [0.2, 0.25) is 0 Å². The summed E-state index contributed by atoms with van der Waals surface area (Å²) in [5.74, 6) is -0.345. The maximum absolute atomic E-state index is 13.8. The number of non-ortho nitro benzene ring substituents is 1. The lowest BCUT2D eigenvalue weighted by Gasteiger charge is -2.11. The van der Waals surface area contributed by atoms with Crippen LogP contribution in [0.25, 0.3) is 16.2 Å². The predicted octanol–water partition coefficient (Wildman–Crippen LogP) is 6.74. The quantitative estimate of drug-likeness (QED) is 0.189. The zero-order chi connectivity index (χ0) is 27.0. The number of anilines is 1. The van der Waals surface area contributed by atoms with Crippen molar-refractivity contribution in [1.82, 2.24) is 14.6 Å². The standard InChI is InChI=1S/C25H16F3N5O4S/c1-14-5-2-3-6-20(14)37-17-10-15(9-16(11-17)33(35)36)29-24(34)19-13-23-30-18(21-7-4-8-38-21)12-22(25(26,27)28)32(23)31-19/h2-13H,1H3,(H,29,34). The van der Waals surface area contributed by atoms with Gasteiger partial charge in [0.05, 0.1) is 27.2 Å². The normalized spacial score (nSPS) is 11.5. The molecule has 0 fully saturated rings. The highest BCUT2D eigenvalue weighted by Gasteiger charge is 2.36. The Balaban J connectivity index is 1.50. The van der Waals surface area contributed by atoms with Crippen LogP contribution in [-0.2, 0) is 6.18 Å². The number of thiophene rings is 1. The first-order valence-corrected chi connectivity index (χ1v) is 11.8. The molecule has 0 spiro atoms. The van der Waals surface area contributed by atoms with Crippen LogP contribution in [0.3, 0.4) is 0 Å². The minimum Gasteiger partial charge on any atom is -0.457 e. The first kappa shape index (κ1) is 24.9. The van der Waals surface area contributed by atoms with E-state index in [9.17, 15) is 28.1 Å². The Morgan fingerprint density at radius 1 is 1.11 bits per heavy atom. The predicted molar refractivity (Wildman–Crippen MR) is 134 cm³/mol. The molecule has 5 rings (SSSR count). The second-order valence-corrected chi connectivity index (χ2v) is 9.04. The van der Waals surface area contributed by atoms with E-state index in [4.69, 9.17) is 4.74 Å². The molecule has 13 heteroatoms. The molecule has 38 heavy (non-hydrogen) atoms. The van der Waals surface area contributed by atoms with E-state index in [1.54, 1.807) is 48.7 Å². The van der Waals surface area contributed by atoms with Crippen molar-refractivity contribution < 1.29 is 27.6 Å². The van der Waals surface area contributed by atoms with Gasteiger partial charge in [0.2, 0.25) is 0 Å². The molecule has 0 saturated carbocycles. The van der Waals surface area contributed by atoms with Crippen molar-refractivity contribution >= 4 is 34.3 Å². The third-order valence-electron chi connectivity index (χ3n) is 5.41. The summed E-state index contributed by atoms with van der Waals surface area (Å²) in [4.78, 5) is 28.5. The largest absolute Gasteiger partial charge is 0.457 e. The lowest BCUT2D eigenvalue weighted by Crippen LogP contribution is -2.15. The van der Waals surface area contributed by atoms with Gasteiger partial charge in [-0.2, -0.15) is 18.3 Å². The highest BCUT2D eigenvalue weighted by Crippen LogP contribution is 2.34. The van der Waals surface area contributed by atoms with Crippen LogP contribution in [0, 0.1) is 17.0 Å². The lowest BCUT2D eigenvalue weighted by molar-refractivity contribution is -0.384. The Hall–Kier alpha value is -4.78. The van der Waals surface area contributed by atoms with E-state index < -0.39 is 22.7 Å². The van der Waals surface area contributed by atoms with Gasteiger partial charge in [0, 0.05) is 18.2 Å². The minimum atomic E-state index is -4.77. The Morgan fingerprint density at radius 3 is 2.58 bits per heavy atom. The number of para-hydroxylation sites is 1. The molecule has 5 aromatic rings. The van der Waals surface area contributed by atoms with Gasteiger partial charge in [0.15, 0.2) is 17.0 Å². The summed E-state index contributed by atoms with van der Waals surface area (Å²) in [6.07, 6.45) is -4.77. The van der Waals surface area contributed by atoms with E-state index >= 15 is 0 Å². The highest BCUT2D eigenvalue weighted by molar-refractivity contribution is 7.13. The van der Waals surface area contributed by atoms with E-state index in [2.05, 4.69) is 15.4 Å². The molecular formula is C25H16F3N5O4S. The lowest BCUT2D eigenvalue weighted by atomic mass is 10.2. The van der Waals surface area contributed by atoms with Gasteiger partial charge < -0.3 is 10.1 Å². The van der Waals surface area contributed by atoms with Gasteiger partial charge in [-0.05, 0) is 36.1 Å². The van der Waals surface area contributed by atoms with Crippen LogP contribution in [0.1, 0.15) is 21.7 Å². The van der Waals surface area contributed by atoms with E-state index in [1.807, 2.05) is 0 Å². The highest BCUT2D eigenvalue weighted by atomic mass is 32.1. The molecule has 2 aromatic carbocycles. The number of carbonyl (C=O) groups is 1. The molecule has 1 amide bonds. The molecule has 0 saturated heterocycles. The molecule has 0 aliphatic carbocycles. The van der Waals surface area contributed by atoms with Gasteiger partial charge in [-0.1, -0.05) is 24.3 Å². The van der Waals surface area contributed by atoms with Crippen molar-refractivity contribution in [3.8, 4) is 22.1 Å². The third kappa shape index (κ3) is 5.04. The van der Waals surface area contributed by atoms with Crippen LogP contribution in [0.15, 0.2) is 72.1 Å². The minimum absolute atomic E-state index is 0.00637. The molecule has 0 aliphatic heterocycles. The van der Waals surface area contributed by atoms with Crippen LogP contribution in [0.5, 0.6) is 11.5 Å². The number of nitro benzene ring substituents is 1. The number of alkyl halides is 3. The summed E-state index contributed by atoms with van der Waals surface area (Å²) in [7, 11) is 0. The van der Waals surface area contributed by atoms with Crippen molar-refractivity contribution in [2.45, 2.75) is 13.1 Å². The number of benzene rings is 2. The van der Waals surface area contributed by atoms with Gasteiger partial charge in [0.1, 0.15) is 11.5 Å². The number of rotatable bonds is 6. The molecule has 3 aromatic heterocycles. The molecule has 9 nitrogen and oxygen atoms in total. The summed E-state index contributed by atoms with van der Waals surface area (Å²) in [6, 6.07) is 16.0. The molecule has 0 aliphatic rings. The summed E-state index contributed by atoms with van der Waals surface area (Å²) < 4.78 is 47.7. The van der Waals surface area contributed by atoms with E-state index in [-0.39, 0.29) is 34.2 Å². The topological polar surface area (TPSA) is 112 Å². The fourth-order valence-electron chi connectivity index (χ4n) is 3.65. The van der Waals surface area contributed by atoms with Crippen molar-refractivity contribution in [3.05, 3.63) is 99.2 Å². The van der Waals surface area contributed by atoms with Crippen LogP contribution in [0.4, 0.5) is 24.5 Å². The van der Waals surface area contributed by atoms with Crippen molar-refractivity contribution in [2.75, 3.05) is 5.32 Å². The Labute approximate surface area is 216 Å². The summed E-state index contributed by atoms with van der Waals surface area (Å²) >= 11 is 1.22. The van der Waals surface area contributed by atoms with Crippen molar-refractivity contribution in [3.63, 3.8) is 0 Å². The monoisotopic (exact) mass is 539 g/mol. The molecule has 192 valence electrons. The smallest absolute Gasteiger partial charge is 0.433 e. The van der Waals surface area contributed by atoms with Gasteiger partial charge in [-0.15, -0.1) is 11.3 Å². The number of aromatic nitrogens is 3. The van der Waals surface area contributed by atoms with Gasteiger partial charge in [-0.25, -0.2) is 9.50 Å². The second kappa shape index (κ2) is 9.59. The van der Waals surface area contributed by atoms with Gasteiger partial charge >= 0.3 is 6.18 Å². The fourth-order valence-corrected chi connectivity index (χ4v) is 4.34. The number of nitro groups is 1. The number of amides is 1. The van der Waals surface area contributed by atoms with Gasteiger partial charge in [0.25, 0.3) is 11.6 Å². The van der Waals surface area contributed by atoms with E-state index in [0.29, 0.717) is 15.1 Å².